The lowest BCUT2D eigenvalue weighted by atomic mass is 10.2. The second kappa shape index (κ2) is 9.93. The molecule has 3 aromatic carbocycles. The molecule has 4 rings (SSSR count). The van der Waals surface area contributed by atoms with Gasteiger partial charge in [0.2, 0.25) is 0 Å². The topological polar surface area (TPSA) is 142 Å². The number of aliphatic hydroxyl groups is 1. The first-order valence-electron chi connectivity index (χ1n) is 10.7. The zero-order valence-corrected chi connectivity index (χ0v) is 20.2. The molecule has 0 aliphatic heterocycles. The van der Waals surface area contributed by atoms with E-state index in [-0.39, 0.29) is 27.6 Å². The molecule has 0 saturated carbocycles. The Kier molecular flexibility index (Phi) is 6.76. The minimum Gasteiger partial charge on any atom is -0.507 e. The van der Waals surface area contributed by atoms with Crippen LogP contribution >= 0.6 is 0 Å². The van der Waals surface area contributed by atoms with Crippen LogP contribution in [0.1, 0.15) is 27.3 Å². The number of hydrogen-bond donors (Lipinski definition) is 2. The van der Waals surface area contributed by atoms with Crippen LogP contribution in [-0.2, 0) is 14.9 Å². The summed E-state index contributed by atoms with van der Waals surface area (Å²) in [5.41, 5.74) is 2.13. The molecule has 0 unspecified atom stereocenters. The van der Waals surface area contributed by atoms with Crippen molar-refractivity contribution in [2.24, 2.45) is 0 Å². The number of aromatic amines is 1. The molecule has 0 aliphatic rings. The number of nitrogens with zero attached hydrogens (tertiary/aromatic N) is 2. The number of rotatable bonds is 7. The first-order chi connectivity index (χ1) is 17.2. The Morgan fingerprint density at radius 2 is 1.81 bits per heavy atom. The number of nitriles is 1. The Balaban J connectivity index is 1.55. The molecule has 9 nitrogen and oxygen atoms in total. The molecule has 182 valence electrons. The number of ether oxygens (including phenoxy) is 1. The largest absolute Gasteiger partial charge is 0.507 e. The van der Waals surface area contributed by atoms with E-state index in [0.717, 1.165) is 5.56 Å². The smallest absolute Gasteiger partial charge is 0.342 e. The lowest BCUT2D eigenvalue weighted by Crippen LogP contribution is -2.15. The Labute approximate surface area is 207 Å². The average Bonchev–Trinajstić information content (AvgIpc) is 3.28. The number of benzene rings is 3. The maximum Gasteiger partial charge on any atom is 0.342 e. The van der Waals surface area contributed by atoms with Crippen molar-refractivity contribution in [3.05, 3.63) is 95.0 Å². The number of aliphatic hydroxyl groups excluding tert-OH is 1. The molecule has 0 amide bonds. The molecular weight excluding hydrogens is 482 g/mol. The molecule has 1 aromatic heterocycles. The highest BCUT2D eigenvalue weighted by Gasteiger charge is 2.24. The third kappa shape index (κ3) is 5.06. The first kappa shape index (κ1) is 24.5. The highest BCUT2D eigenvalue weighted by molar-refractivity contribution is 7.87. The second-order valence-electron chi connectivity index (χ2n) is 7.91. The molecule has 1 heterocycles. The van der Waals surface area contributed by atoms with Crippen LogP contribution < -0.4 is 4.18 Å². The van der Waals surface area contributed by atoms with E-state index in [0.29, 0.717) is 16.6 Å². The minimum atomic E-state index is -4.24. The van der Waals surface area contributed by atoms with Gasteiger partial charge in [-0.05, 0) is 55.3 Å². The molecule has 4 aromatic rings. The fourth-order valence-electron chi connectivity index (χ4n) is 3.46. The summed E-state index contributed by atoms with van der Waals surface area (Å²) in [5.74, 6) is -1.58. The van der Waals surface area contributed by atoms with E-state index >= 15 is 0 Å². The van der Waals surface area contributed by atoms with Gasteiger partial charge >= 0.3 is 16.1 Å². The van der Waals surface area contributed by atoms with Crippen molar-refractivity contribution in [3.8, 4) is 11.8 Å². The zero-order chi connectivity index (χ0) is 25.9. The second-order valence-corrected chi connectivity index (χ2v) is 9.43. The fourth-order valence-corrected chi connectivity index (χ4v) is 4.72. The summed E-state index contributed by atoms with van der Waals surface area (Å²) >= 11 is 0. The van der Waals surface area contributed by atoms with Crippen LogP contribution in [0.2, 0.25) is 0 Å². The third-order valence-corrected chi connectivity index (χ3v) is 6.66. The van der Waals surface area contributed by atoms with Crippen molar-refractivity contribution < 1.29 is 27.2 Å². The minimum absolute atomic E-state index is 0.0178. The third-order valence-electron chi connectivity index (χ3n) is 5.29. The molecule has 10 heteroatoms. The van der Waals surface area contributed by atoms with Crippen molar-refractivity contribution in [1.29, 1.82) is 5.26 Å². The molecule has 0 saturated heterocycles. The Bertz CT molecular complexity index is 1610. The van der Waals surface area contributed by atoms with Gasteiger partial charge < -0.3 is 19.0 Å². The van der Waals surface area contributed by atoms with Gasteiger partial charge in [-0.1, -0.05) is 36.4 Å². The number of hydrogen-bond acceptors (Lipinski definition) is 8. The van der Waals surface area contributed by atoms with Gasteiger partial charge in [0.15, 0.2) is 17.3 Å². The lowest BCUT2D eigenvalue weighted by Gasteiger charge is -2.13. The number of allylic oxidation sites excluding steroid dienone is 1. The molecular formula is C26H21N3O6S. The van der Waals surface area contributed by atoms with Gasteiger partial charge in [-0.15, -0.1) is 0 Å². The van der Waals surface area contributed by atoms with Crippen molar-refractivity contribution in [1.82, 2.24) is 9.97 Å². The summed E-state index contributed by atoms with van der Waals surface area (Å²) in [6.45, 7) is 2.75. The van der Waals surface area contributed by atoms with Gasteiger partial charge in [0.25, 0.3) is 0 Å². The molecule has 0 radical (unpaired) electrons. The highest BCUT2D eigenvalue weighted by Crippen LogP contribution is 2.26. The van der Waals surface area contributed by atoms with Crippen LogP contribution in [0.3, 0.4) is 0 Å². The lowest BCUT2D eigenvalue weighted by molar-refractivity contribution is 0.0501. The zero-order valence-electron chi connectivity index (χ0n) is 19.3. The summed E-state index contributed by atoms with van der Waals surface area (Å²) in [5, 5.41) is 20.0. The maximum atomic E-state index is 12.9. The molecule has 0 spiro atoms. The highest BCUT2D eigenvalue weighted by atomic mass is 32.2. The van der Waals surface area contributed by atoms with Crippen LogP contribution in [-0.4, -0.2) is 36.1 Å². The number of carbonyl (C=O) groups excluding carboxylic acids is 1. The van der Waals surface area contributed by atoms with Crippen molar-refractivity contribution in [3.63, 3.8) is 0 Å². The van der Waals surface area contributed by atoms with E-state index in [9.17, 15) is 23.6 Å². The summed E-state index contributed by atoms with van der Waals surface area (Å²) in [6.07, 6.45) is 0. The van der Waals surface area contributed by atoms with Crippen LogP contribution in [0, 0.1) is 25.2 Å². The predicted octanol–water partition coefficient (Wildman–Crippen LogP) is 4.60. The van der Waals surface area contributed by atoms with Gasteiger partial charge in [0, 0.05) is 0 Å². The molecule has 2 N–H and O–H groups in total. The van der Waals surface area contributed by atoms with E-state index in [1.165, 1.54) is 30.3 Å². The van der Waals surface area contributed by atoms with Crippen LogP contribution in [0.4, 0.5) is 0 Å². The van der Waals surface area contributed by atoms with Gasteiger partial charge in [-0.25, -0.2) is 9.78 Å². The number of fused-ring (bicyclic) bond motifs is 1. The van der Waals surface area contributed by atoms with Crippen molar-refractivity contribution in [2.75, 3.05) is 6.61 Å². The SMILES string of the molecule is Cc1ccc(C)c(S(=O)(=O)Oc2ccccc2C(=O)OC/C(O)=C(/C#N)c2nc3ccccc3[nH]2)c1. The Morgan fingerprint density at radius 1 is 1.08 bits per heavy atom. The number of carbonyl (C=O) groups is 1. The standard InChI is InChI=1S/C26H21N3O6S/c1-16-11-12-17(2)24(13-16)36(32,33)35-23-10-6-3-7-18(23)26(31)34-15-22(30)19(14-27)25-28-20-8-4-5-9-21(20)29-25/h3-13,30H,15H2,1-2H3,(H,28,29)/b22-19+. The van der Waals surface area contributed by atoms with Crippen LogP contribution in [0.25, 0.3) is 16.6 Å². The monoisotopic (exact) mass is 503 g/mol. The van der Waals surface area contributed by atoms with Crippen molar-refractivity contribution >= 4 is 32.7 Å². The maximum absolute atomic E-state index is 12.9. The summed E-state index contributed by atoms with van der Waals surface area (Å²) in [6, 6.07) is 19.5. The van der Waals surface area contributed by atoms with Gasteiger partial charge in [-0.3, -0.25) is 0 Å². The van der Waals surface area contributed by atoms with Crippen LogP contribution in [0.5, 0.6) is 5.75 Å². The molecule has 0 bridgehead atoms. The normalized spacial score (nSPS) is 12.0. The summed E-state index contributed by atoms with van der Waals surface area (Å²) < 4.78 is 36.3. The van der Waals surface area contributed by atoms with Gasteiger partial charge in [0.05, 0.1) is 11.0 Å². The molecule has 0 fully saturated rings. The Morgan fingerprint density at radius 3 is 2.56 bits per heavy atom. The van der Waals surface area contributed by atoms with E-state index in [1.54, 1.807) is 50.2 Å². The number of nitrogens with one attached hydrogen (secondary N) is 1. The van der Waals surface area contributed by atoms with E-state index < -0.39 is 28.5 Å². The number of esters is 1. The van der Waals surface area contributed by atoms with Gasteiger partial charge in [-0.2, -0.15) is 13.7 Å². The number of aromatic nitrogens is 2. The van der Waals surface area contributed by atoms with E-state index in [1.807, 2.05) is 6.07 Å². The average molecular weight is 504 g/mol. The Hall–Kier alpha value is -4.62. The van der Waals surface area contributed by atoms with Crippen molar-refractivity contribution in [2.45, 2.75) is 18.7 Å². The van der Waals surface area contributed by atoms with E-state index in [2.05, 4.69) is 9.97 Å². The molecule has 36 heavy (non-hydrogen) atoms. The number of aryl methyl sites for hydroxylation is 2. The number of para-hydroxylation sites is 3. The first-order valence-corrected chi connectivity index (χ1v) is 12.2. The number of H-pyrrole nitrogens is 1. The fraction of sp³-hybridized carbons (Fsp3) is 0.115. The number of imidazole rings is 1. The molecule has 0 atom stereocenters. The van der Waals surface area contributed by atoms with E-state index in [4.69, 9.17) is 8.92 Å². The van der Waals surface area contributed by atoms with Crippen LogP contribution in [0.15, 0.2) is 77.4 Å². The predicted molar refractivity (Wildman–Crippen MR) is 132 cm³/mol. The summed E-state index contributed by atoms with van der Waals surface area (Å²) in [7, 11) is -4.24. The summed E-state index contributed by atoms with van der Waals surface area (Å²) in [4.78, 5) is 19.9. The van der Waals surface area contributed by atoms with Gasteiger partial charge in [0.1, 0.15) is 28.7 Å². The molecule has 0 aliphatic carbocycles. The quantitative estimate of drug-likeness (QED) is 0.161.